The van der Waals surface area contributed by atoms with E-state index in [1.54, 1.807) is 12.1 Å². The number of hydrogen-bond donors (Lipinski definition) is 0. The maximum Gasteiger partial charge on any atom is 0.269 e. The highest BCUT2D eigenvalue weighted by atomic mass is 16.6. The number of nitrogens with zero attached hydrogens (tertiary/aromatic N) is 2. The number of allylic oxidation sites excluding steroid dienone is 2. The summed E-state index contributed by atoms with van der Waals surface area (Å²) in [6.45, 7) is 3.73. The third-order valence-electron chi connectivity index (χ3n) is 4.03. The molecule has 0 unspecified atom stereocenters. The van der Waals surface area contributed by atoms with E-state index in [0.29, 0.717) is 0 Å². The molecule has 0 saturated heterocycles. The zero-order chi connectivity index (χ0) is 16.2. The number of benzene rings is 2. The molecule has 0 atom stereocenters. The molecule has 0 N–H and O–H groups in total. The molecule has 3 rings (SSSR count). The molecule has 4 nitrogen and oxygen atoms in total. The summed E-state index contributed by atoms with van der Waals surface area (Å²) in [6.07, 6.45) is 4.21. The first-order chi connectivity index (χ1) is 11.1. The van der Waals surface area contributed by atoms with Crippen LogP contribution in [0.25, 0.3) is 5.57 Å². The molecule has 0 bridgehead atoms. The van der Waals surface area contributed by atoms with Crippen LogP contribution in [0.5, 0.6) is 0 Å². The van der Waals surface area contributed by atoms with Crippen molar-refractivity contribution < 1.29 is 4.92 Å². The van der Waals surface area contributed by atoms with Gasteiger partial charge in [0.25, 0.3) is 5.69 Å². The van der Waals surface area contributed by atoms with Crippen molar-refractivity contribution in [3.63, 3.8) is 0 Å². The van der Waals surface area contributed by atoms with Crippen LogP contribution < -0.4 is 0 Å². The SMILES string of the molecule is CC1=C(c2ccc([N+](=O)[O-])cc2)CN(Cc2ccccc2)C=C1. The van der Waals surface area contributed by atoms with Crippen molar-refractivity contribution in [3.05, 3.63) is 93.7 Å². The highest BCUT2D eigenvalue weighted by Crippen LogP contribution is 2.27. The van der Waals surface area contributed by atoms with Gasteiger partial charge in [0.2, 0.25) is 0 Å². The fourth-order valence-electron chi connectivity index (χ4n) is 2.73. The number of nitro benzene ring substituents is 1. The Labute approximate surface area is 135 Å². The van der Waals surface area contributed by atoms with Crippen LogP contribution in [-0.2, 0) is 6.54 Å². The van der Waals surface area contributed by atoms with Crippen LogP contribution in [0.3, 0.4) is 0 Å². The van der Waals surface area contributed by atoms with E-state index in [1.807, 2.05) is 30.3 Å². The smallest absolute Gasteiger partial charge is 0.269 e. The first-order valence-corrected chi connectivity index (χ1v) is 7.54. The number of non-ortho nitro benzene ring substituents is 1. The maximum absolute atomic E-state index is 10.8. The standard InChI is InChI=1S/C19H18N2O2/c1-15-11-12-20(13-16-5-3-2-4-6-16)14-19(15)17-7-9-18(10-8-17)21(22)23/h2-12H,13-14H2,1H3. The lowest BCUT2D eigenvalue weighted by Crippen LogP contribution is -2.22. The van der Waals surface area contributed by atoms with E-state index >= 15 is 0 Å². The lowest BCUT2D eigenvalue weighted by atomic mass is 9.97. The van der Waals surface area contributed by atoms with Crippen LogP contribution in [0.2, 0.25) is 0 Å². The van der Waals surface area contributed by atoms with E-state index in [0.717, 1.165) is 18.7 Å². The largest absolute Gasteiger partial charge is 0.369 e. The van der Waals surface area contributed by atoms with Crippen molar-refractivity contribution in [1.29, 1.82) is 0 Å². The Bertz CT molecular complexity index is 762. The summed E-state index contributed by atoms with van der Waals surface area (Å²) >= 11 is 0. The predicted octanol–water partition coefficient (Wildman–Crippen LogP) is 4.40. The van der Waals surface area contributed by atoms with Crippen molar-refractivity contribution >= 4 is 11.3 Å². The second-order valence-corrected chi connectivity index (χ2v) is 5.67. The Morgan fingerprint density at radius 1 is 1.09 bits per heavy atom. The van der Waals surface area contributed by atoms with Crippen LogP contribution >= 0.6 is 0 Å². The molecule has 4 heteroatoms. The summed E-state index contributed by atoms with van der Waals surface area (Å²) in [5, 5.41) is 10.8. The fraction of sp³-hybridized carbons (Fsp3) is 0.158. The monoisotopic (exact) mass is 306 g/mol. The topological polar surface area (TPSA) is 46.4 Å². The minimum absolute atomic E-state index is 0.125. The molecule has 1 aliphatic heterocycles. The maximum atomic E-state index is 10.8. The van der Waals surface area contributed by atoms with Gasteiger partial charge in [-0.25, -0.2) is 0 Å². The molecule has 0 saturated carbocycles. The highest BCUT2D eigenvalue weighted by molar-refractivity contribution is 5.73. The molecule has 2 aromatic carbocycles. The molecule has 0 fully saturated rings. The van der Waals surface area contributed by atoms with E-state index < -0.39 is 0 Å². The fourth-order valence-corrected chi connectivity index (χ4v) is 2.73. The third kappa shape index (κ3) is 3.48. The molecule has 1 aliphatic rings. The summed E-state index contributed by atoms with van der Waals surface area (Å²) in [5.74, 6) is 0. The van der Waals surface area contributed by atoms with Gasteiger partial charge in [-0.1, -0.05) is 30.3 Å². The third-order valence-corrected chi connectivity index (χ3v) is 4.03. The Balaban J connectivity index is 1.79. The molecule has 0 radical (unpaired) electrons. The first kappa shape index (κ1) is 15.0. The number of nitro groups is 1. The van der Waals surface area contributed by atoms with Gasteiger partial charge in [-0.15, -0.1) is 0 Å². The lowest BCUT2D eigenvalue weighted by Gasteiger charge is -2.27. The molecule has 0 spiro atoms. The van der Waals surface area contributed by atoms with Crippen molar-refractivity contribution in [3.8, 4) is 0 Å². The average Bonchev–Trinajstić information content (AvgIpc) is 2.58. The van der Waals surface area contributed by atoms with Gasteiger partial charge in [0.05, 0.1) is 4.92 Å². The van der Waals surface area contributed by atoms with Crippen LogP contribution in [-0.4, -0.2) is 16.4 Å². The Kier molecular flexibility index (Phi) is 4.24. The summed E-state index contributed by atoms with van der Waals surface area (Å²) in [7, 11) is 0. The van der Waals surface area contributed by atoms with Crippen LogP contribution in [0.4, 0.5) is 5.69 Å². The van der Waals surface area contributed by atoms with Gasteiger partial charge in [-0.05, 0) is 53.6 Å². The van der Waals surface area contributed by atoms with Crippen molar-refractivity contribution in [2.24, 2.45) is 0 Å². The van der Waals surface area contributed by atoms with Crippen LogP contribution in [0, 0.1) is 10.1 Å². The van der Waals surface area contributed by atoms with Crippen molar-refractivity contribution in [2.75, 3.05) is 6.54 Å². The van der Waals surface area contributed by atoms with E-state index in [4.69, 9.17) is 0 Å². The van der Waals surface area contributed by atoms with Crippen LogP contribution in [0.1, 0.15) is 18.1 Å². The normalized spacial score (nSPS) is 14.2. The Morgan fingerprint density at radius 3 is 2.43 bits per heavy atom. The minimum atomic E-state index is -0.368. The molecule has 0 amide bonds. The van der Waals surface area contributed by atoms with Crippen LogP contribution in [0.15, 0.2) is 72.4 Å². The van der Waals surface area contributed by atoms with Gasteiger partial charge >= 0.3 is 0 Å². The van der Waals surface area contributed by atoms with Gasteiger partial charge in [0.15, 0.2) is 0 Å². The average molecular weight is 306 g/mol. The van der Waals surface area contributed by atoms with E-state index in [1.165, 1.54) is 16.7 Å². The quantitative estimate of drug-likeness (QED) is 0.621. The molecule has 1 heterocycles. The number of rotatable bonds is 4. The molecular formula is C19H18N2O2. The first-order valence-electron chi connectivity index (χ1n) is 7.54. The van der Waals surface area contributed by atoms with Gasteiger partial charge in [0.1, 0.15) is 0 Å². The summed E-state index contributed by atoms with van der Waals surface area (Å²) in [6, 6.07) is 17.1. The minimum Gasteiger partial charge on any atom is -0.369 e. The van der Waals surface area contributed by atoms with Crippen molar-refractivity contribution in [1.82, 2.24) is 4.90 Å². The zero-order valence-corrected chi connectivity index (χ0v) is 13.0. The van der Waals surface area contributed by atoms with E-state index in [2.05, 4.69) is 36.2 Å². The van der Waals surface area contributed by atoms with Gasteiger partial charge in [-0.2, -0.15) is 0 Å². The van der Waals surface area contributed by atoms with Crippen molar-refractivity contribution in [2.45, 2.75) is 13.5 Å². The summed E-state index contributed by atoms with van der Waals surface area (Å²) in [5.41, 5.74) is 4.83. The predicted molar refractivity (Wildman–Crippen MR) is 91.7 cm³/mol. The summed E-state index contributed by atoms with van der Waals surface area (Å²) < 4.78 is 0. The second kappa shape index (κ2) is 6.48. The van der Waals surface area contributed by atoms with E-state index in [9.17, 15) is 10.1 Å². The Morgan fingerprint density at radius 2 is 1.78 bits per heavy atom. The molecule has 2 aromatic rings. The molecular weight excluding hydrogens is 288 g/mol. The molecule has 0 aliphatic carbocycles. The van der Waals surface area contributed by atoms with Gasteiger partial charge in [-0.3, -0.25) is 10.1 Å². The molecule has 116 valence electrons. The van der Waals surface area contributed by atoms with Gasteiger partial charge in [0, 0.05) is 25.2 Å². The number of hydrogen-bond acceptors (Lipinski definition) is 3. The zero-order valence-electron chi connectivity index (χ0n) is 13.0. The summed E-state index contributed by atoms with van der Waals surface area (Å²) in [4.78, 5) is 12.7. The Hall–Kier alpha value is -2.88. The second-order valence-electron chi connectivity index (χ2n) is 5.67. The van der Waals surface area contributed by atoms with Gasteiger partial charge < -0.3 is 4.90 Å². The highest BCUT2D eigenvalue weighted by Gasteiger charge is 2.14. The molecule has 23 heavy (non-hydrogen) atoms. The molecule has 0 aromatic heterocycles. The van der Waals surface area contributed by atoms with E-state index in [-0.39, 0.29) is 10.6 Å². The lowest BCUT2D eigenvalue weighted by molar-refractivity contribution is -0.384.